The molecule has 0 aromatic rings. The summed E-state index contributed by atoms with van der Waals surface area (Å²) in [6, 6.07) is 0. The molecule has 0 saturated carbocycles. The summed E-state index contributed by atoms with van der Waals surface area (Å²) in [7, 11) is 0. The molecule has 11 nitrogen and oxygen atoms in total. The Hall–Kier alpha value is -2.69. The van der Waals surface area contributed by atoms with E-state index in [0.29, 0.717) is 31.7 Å². The Morgan fingerprint density at radius 1 is 0.639 bits per heavy atom. The summed E-state index contributed by atoms with van der Waals surface area (Å²) in [5, 5.41) is 3.09. The molecule has 11 heteroatoms. The number of hydrogen-bond acceptors (Lipinski definition) is 10. The zero-order valence-electron chi connectivity index (χ0n) is 23.3. The van der Waals surface area contributed by atoms with Gasteiger partial charge in [-0.1, -0.05) is 0 Å². The number of hydrogen-bond donors (Lipinski definition) is 1. The molecule has 0 radical (unpaired) electrons. The first kappa shape index (κ1) is 33.3. The van der Waals surface area contributed by atoms with Crippen LogP contribution in [0.5, 0.6) is 0 Å². The Morgan fingerprint density at radius 3 is 1.31 bits per heavy atom. The van der Waals surface area contributed by atoms with Gasteiger partial charge in [-0.2, -0.15) is 0 Å². The van der Waals surface area contributed by atoms with Crippen LogP contribution in [0.4, 0.5) is 14.4 Å². The van der Waals surface area contributed by atoms with Crippen molar-refractivity contribution in [2.75, 3.05) is 26.2 Å². The van der Waals surface area contributed by atoms with Crippen LogP contribution in [0.2, 0.25) is 0 Å². The molecule has 208 valence electrons. The lowest BCUT2D eigenvalue weighted by Gasteiger charge is -2.29. The van der Waals surface area contributed by atoms with Gasteiger partial charge in [0.15, 0.2) is 0 Å². The lowest BCUT2D eigenvalue weighted by Crippen LogP contribution is -2.41. The molecule has 0 unspecified atom stereocenters. The third-order valence-corrected chi connectivity index (χ3v) is 4.08. The number of piperidine rings is 2. The molecule has 2 aliphatic rings. The van der Waals surface area contributed by atoms with E-state index in [0.717, 1.165) is 25.9 Å². The molecule has 2 rings (SSSR count). The number of ether oxygens (including phenoxy) is 4. The summed E-state index contributed by atoms with van der Waals surface area (Å²) in [6.45, 7) is 18.3. The smallest absolute Gasteiger partial charge is 0.444 e. The van der Waals surface area contributed by atoms with Crippen molar-refractivity contribution in [1.82, 2.24) is 10.2 Å². The van der Waals surface area contributed by atoms with Gasteiger partial charge in [-0.3, -0.25) is 9.59 Å². The van der Waals surface area contributed by atoms with Crippen molar-refractivity contribution >= 4 is 30.0 Å². The van der Waals surface area contributed by atoms with E-state index in [1.807, 2.05) is 20.8 Å². The Labute approximate surface area is 214 Å². The molecule has 2 fully saturated rings. The minimum Gasteiger partial charge on any atom is -0.444 e. The van der Waals surface area contributed by atoms with Gasteiger partial charge in [-0.15, -0.1) is 0 Å². The van der Waals surface area contributed by atoms with Crippen molar-refractivity contribution in [3.8, 4) is 0 Å². The number of Topliss-reactive ketones (excluding diaryl/α,β-unsaturated/α-hetero) is 2. The van der Waals surface area contributed by atoms with Crippen LogP contribution in [0.25, 0.3) is 0 Å². The first-order valence-corrected chi connectivity index (χ1v) is 12.1. The lowest BCUT2D eigenvalue weighted by molar-refractivity contribution is -0.121. The second-order valence-electron chi connectivity index (χ2n) is 11.3. The van der Waals surface area contributed by atoms with Gasteiger partial charge >= 0.3 is 18.4 Å². The molecule has 36 heavy (non-hydrogen) atoms. The molecule has 0 bridgehead atoms. The Morgan fingerprint density at radius 2 is 1.00 bits per heavy atom. The van der Waals surface area contributed by atoms with Crippen LogP contribution >= 0.6 is 0 Å². The molecule has 1 N–H and O–H groups in total. The maximum absolute atomic E-state index is 11.5. The average Bonchev–Trinajstić information content (AvgIpc) is 2.65. The van der Waals surface area contributed by atoms with Crippen molar-refractivity contribution in [1.29, 1.82) is 0 Å². The summed E-state index contributed by atoms with van der Waals surface area (Å²) < 4.78 is 19.0. The van der Waals surface area contributed by atoms with Gasteiger partial charge in [0.25, 0.3) is 0 Å². The van der Waals surface area contributed by atoms with Crippen LogP contribution in [-0.2, 0) is 28.5 Å². The van der Waals surface area contributed by atoms with Crippen molar-refractivity contribution in [3.63, 3.8) is 0 Å². The minimum atomic E-state index is -1.06. The second-order valence-corrected chi connectivity index (χ2v) is 11.3. The van der Waals surface area contributed by atoms with Crippen molar-refractivity contribution in [2.45, 2.75) is 105 Å². The van der Waals surface area contributed by atoms with Gasteiger partial charge in [-0.25, -0.2) is 14.4 Å². The third-order valence-electron chi connectivity index (χ3n) is 4.08. The summed E-state index contributed by atoms with van der Waals surface area (Å²) in [6.07, 6.45) is -0.0446. The van der Waals surface area contributed by atoms with Crippen LogP contribution in [0.3, 0.4) is 0 Å². The number of carbonyl (C=O) groups excluding carboxylic acids is 5. The van der Waals surface area contributed by atoms with Gasteiger partial charge in [0.05, 0.1) is 0 Å². The van der Waals surface area contributed by atoms with Crippen LogP contribution in [-0.4, -0.2) is 77.9 Å². The van der Waals surface area contributed by atoms with E-state index in [1.54, 1.807) is 46.4 Å². The van der Waals surface area contributed by atoms with Crippen LogP contribution in [0.15, 0.2) is 0 Å². The number of nitrogens with one attached hydrogen (secondary N) is 1. The summed E-state index contributed by atoms with van der Waals surface area (Å²) in [5.74, 6) is 0.628. The summed E-state index contributed by atoms with van der Waals surface area (Å²) in [4.78, 5) is 56.5. The number of nitrogens with zero attached hydrogens (tertiary/aromatic N) is 1. The minimum absolute atomic E-state index is 0.227. The maximum atomic E-state index is 11.5. The quantitative estimate of drug-likeness (QED) is 0.280. The second kappa shape index (κ2) is 14.8. The number of amides is 1. The predicted octanol–water partition coefficient (Wildman–Crippen LogP) is 4.40. The van der Waals surface area contributed by atoms with E-state index >= 15 is 0 Å². The van der Waals surface area contributed by atoms with E-state index < -0.39 is 29.1 Å². The molecular formula is C25H44N2O9. The van der Waals surface area contributed by atoms with E-state index in [9.17, 15) is 24.0 Å². The molecule has 0 aromatic carbocycles. The summed E-state index contributed by atoms with van der Waals surface area (Å²) >= 11 is 0. The van der Waals surface area contributed by atoms with Crippen molar-refractivity contribution < 1.29 is 42.9 Å². The molecule has 2 heterocycles. The highest BCUT2D eigenvalue weighted by atomic mass is 16.8. The Balaban J connectivity index is 0.000000541. The molecule has 2 saturated heterocycles. The highest BCUT2D eigenvalue weighted by molar-refractivity contribution is 5.81. The van der Waals surface area contributed by atoms with Gasteiger partial charge in [0.2, 0.25) is 0 Å². The van der Waals surface area contributed by atoms with Crippen molar-refractivity contribution in [3.05, 3.63) is 0 Å². The van der Waals surface area contributed by atoms with E-state index in [-0.39, 0.29) is 11.9 Å². The lowest BCUT2D eigenvalue weighted by atomic mass is 10.1. The van der Waals surface area contributed by atoms with E-state index in [1.165, 1.54) is 0 Å². The standard InChI is InChI=1S/C10H17NO3.C10H18O5.C5H9NO/c1-10(2,3)14-9(13)11-6-4-8(12)5-7-11;1-9(2,3)14-7(11)13-8(12)15-10(4,5)6;7-5-1-3-6-4-2-5/h4-7H2,1-3H3;1-6H3;6H,1-4H2. The number of ketones is 2. The Kier molecular flexibility index (Phi) is 13.7. The largest absolute Gasteiger partial charge is 0.519 e. The normalized spacial score (nSPS) is 16.4. The van der Waals surface area contributed by atoms with E-state index in [2.05, 4.69) is 10.1 Å². The first-order valence-electron chi connectivity index (χ1n) is 12.1. The SMILES string of the molecule is CC(C)(C)OC(=O)N1CCC(=O)CC1.CC(C)(C)OC(=O)OC(=O)OC(C)(C)C.O=C1CCNCC1. The van der Waals surface area contributed by atoms with Gasteiger partial charge in [0, 0.05) is 51.9 Å². The topological polar surface area (TPSA) is 138 Å². The molecule has 0 atom stereocenters. The fourth-order valence-electron chi connectivity index (χ4n) is 2.58. The number of carbonyl (C=O) groups is 5. The molecule has 0 aromatic heterocycles. The fraction of sp³-hybridized carbons (Fsp3) is 0.800. The Bertz CT molecular complexity index is 715. The first-order chi connectivity index (χ1) is 16.3. The molecular weight excluding hydrogens is 472 g/mol. The van der Waals surface area contributed by atoms with Crippen LogP contribution in [0, 0.1) is 0 Å². The molecule has 2 aliphatic heterocycles. The van der Waals surface area contributed by atoms with Crippen LogP contribution < -0.4 is 5.32 Å². The predicted molar refractivity (Wildman–Crippen MR) is 133 cm³/mol. The monoisotopic (exact) mass is 516 g/mol. The maximum Gasteiger partial charge on any atom is 0.519 e. The van der Waals surface area contributed by atoms with E-state index in [4.69, 9.17) is 14.2 Å². The zero-order valence-corrected chi connectivity index (χ0v) is 23.3. The van der Waals surface area contributed by atoms with Gasteiger partial charge in [0.1, 0.15) is 28.4 Å². The molecule has 0 spiro atoms. The molecule has 1 amide bonds. The highest BCUT2D eigenvalue weighted by Gasteiger charge is 2.26. The van der Waals surface area contributed by atoms with Gasteiger partial charge in [-0.05, 0) is 62.3 Å². The fourth-order valence-corrected chi connectivity index (χ4v) is 2.58. The molecule has 0 aliphatic carbocycles. The highest BCUT2D eigenvalue weighted by Crippen LogP contribution is 2.13. The average molecular weight is 517 g/mol. The van der Waals surface area contributed by atoms with Gasteiger partial charge < -0.3 is 29.2 Å². The van der Waals surface area contributed by atoms with Crippen molar-refractivity contribution in [2.24, 2.45) is 0 Å². The van der Waals surface area contributed by atoms with Crippen LogP contribution in [0.1, 0.15) is 88.0 Å². The zero-order chi connectivity index (χ0) is 28.2. The summed E-state index contributed by atoms with van der Waals surface area (Å²) in [5.41, 5.74) is -1.85. The number of likely N-dealkylation sites (tertiary alicyclic amines) is 1. The third kappa shape index (κ3) is 19.6. The number of rotatable bonds is 0.